The van der Waals surface area contributed by atoms with Crippen LogP contribution < -0.4 is 10.6 Å². The minimum Gasteiger partial charge on any atom is -0.375 e. The monoisotopic (exact) mass is 232 g/mol. The van der Waals surface area contributed by atoms with Crippen molar-refractivity contribution >= 4 is 5.69 Å². The topological polar surface area (TPSA) is 29.3 Å². The summed E-state index contributed by atoms with van der Waals surface area (Å²) >= 11 is 0. The van der Waals surface area contributed by atoms with Crippen LogP contribution in [0.15, 0.2) is 24.3 Å². The van der Waals surface area contributed by atoms with Gasteiger partial charge >= 0.3 is 0 Å². The van der Waals surface area contributed by atoms with Crippen molar-refractivity contribution < 1.29 is 0 Å². The first-order valence-corrected chi connectivity index (χ1v) is 6.72. The zero-order chi connectivity index (χ0) is 12.3. The van der Waals surface area contributed by atoms with Crippen LogP contribution in [-0.4, -0.2) is 19.1 Å². The van der Waals surface area contributed by atoms with Crippen LogP contribution in [0.2, 0.25) is 0 Å². The molecule has 2 heteroatoms. The Bertz CT molecular complexity index is 352. The van der Waals surface area contributed by atoms with E-state index in [2.05, 4.69) is 43.1 Å². The summed E-state index contributed by atoms with van der Waals surface area (Å²) in [5.41, 5.74) is 9.08. The SMILES string of the molecule is CCc1ccc(N(C)CCC2(N)CCC2)cc1. The third-order valence-corrected chi connectivity index (χ3v) is 4.08. The van der Waals surface area contributed by atoms with Gasteiger partial charge in [0.1, 0.15) is 0 Å². The summed E-state index contributed by atoms with van der Waals surface area (Å²) in [5.74, 6) is 0. The van der Waals surface area contributed by atoms with E-state index in [1.54, 1.807) is 0 Å². The first-order chi connectivity index (χ1) is 8.13. The lowest BCUT2D eigenvalue weighted by Gasteiger charge is -2.39. The lowest BCUT2D eigenvalue weighted by molar-refractivity contribution is 0.234. The van der Waals surface area contributed by atoms with Gasteiger partial charge in [-0.1, -0.05) is 19.1 Å². The van der Waals surface area contributed by atoms with Crippen LogP contribution in [0, 0.1) is 0 Å². The number of nitrogens with two attached hydrogens (primary N) is 1. The predicted octanol–water partition coefficient (Wildman–Crippen LogP) is 2.96. The number of hydrogen-bond donors (Lipinski definition) is 1. The van der Waals surface area contributed by atoms with E-state index in [9.17, 15) is 0 Å². The fourth-order valence-corrected chi connectivity index (χ4v) is 2.39. The van der Waals surface area contributed by atoms with Crippen LogP contribution in [0.1, 0.15) is 38.2 Å². The van der Waals surface area contributed by atoms with E-state index < -0.39 is 0 Å². The maximum Gasteiger partial charge on any atom is 0.0363 e. The highest BCUT2D eigenvalue weighted by atomic mass is 15.1. The van der Waals surface area contributed by atoms with Crippen LogP contribution >= 0.6 is 0 Å². The Kier molecular flexibility index (Phi) is 3.72. The zero-order valence-corrected chi connectivity index (χ0v) is 11.1. The van der Waals surface area contributed by atoms with Gasteiger partial charge in [0.2, 0.25) is 0 Å². The molecule has 1 aliphatic rings. The number of nitrogens with zero attached hydrogens (tertiary/aromatic N) is 1. The van der Waals surface area contributed by atoms with Crippen molar-refractivity contribution in [1.29, 1.82) is 0 Å². The molecule has 0 radical (unpaired) electrons. The third kappa shape index (κ3) is 3.01. The molecule has 17 heavy (non-hydrogen) atoms. The van der Waals surface area contributed by atoms with Crippen LogP contribution in [0.5, 0.6) is 0 Å². The molecule has 0 spiro atoms. The molecule has 1 fully saturated rings. The molecule has 1 aliphatic carbocycles. The number of hydrogen-bond acceptors (Lipinski definition) is 2. The van der Waals surface area contributed by atoms with Crippen molar-refractivity contribution in [3.63, 3.8) is 0 Å². The highest BCUT2D eigenvalue weighted by Gasteiger charge is 2.32. The van der Waals surface area contributed by atoms with E-state index >= 15 is 0 Å². The Morgan fingerprint density at radius 3 is 2.35 bits per heavy atom. The number of rotatable bonds is 5. The van der Waals surface area contributed by atoms with Gasteiger partial charge in [0.05, 0.1) is 0 Å². The highest BCUT2D eigenvalue weighted by molar-refractivity contribution is 5.46. The van der Waals surface area contributed by atoms with E-state index in [0.717, 1.165) is 19.4 Å². The molecule has 0 atom stereocenters. The molecule has 0 aliphatic heterocycles. The second kappa shape index (κ2) is 5.09. The summed E-state index contributed by atoms with van der Waals surface area (Å²) in [6.45, 7) is 3.25. The van der Waals surface area contributed by atoms with Crippen molar-refractivity contribution in [2.45, 2.75) is 44.6 Å². The van der Waals surface area contributed by atoms with Gasteiger partial charge in [-0.2, -0.15) is 0 Å². The molecule has 0 amide bonds. The van der Waals surface area contributed by atoms with E-state index in [4.69, 9.17) is 5.73 Å². The fraction of sp³-hybridized carbons (Fsp3) is 0.600. The van der Waals surface area contributed by atoms with Gasteiger partial charge in [-0.25, -0.2) is 0 Å². The molecular weight excluding hydrogens is 208 g/mol. The molecule has 1 aromatic carbocycles. The van der Waals surface area contributed by atoms with Gasteiger partial charge in [-0.15, -0.1) is 0 Å². The summed E-state index contributed by atoms with van der Waals surface area (Å²) in [6, 6.07) is 8.85. The molecule has 0 saturated heterocycles. The second-order valence-corrected chi connectivity index (χ2v) is 5.41. The zero-order valence-electron chi connectivity index (χ0n) is 11.1. The first-order valence-electron chi connectivity index (χ1n) is 6.72. The van der Waals surface area contributed by atoms with Gasteiger partial charge in [0.15, 0.2) is 0 Å². The molecule has 1 saturated carbocycles. The van der Waals surface area contributed by atoms with Crippen molar-refractivity contribution in [2.24, 2.45) is 5.73 Å². The minimum absolute atomic E-state index is 0.137. The Labute approximate surface area is 105 Å². The average Bonchev–Trinajstić information content (AvgIpc) is 2.33. The summed E-state index contributed by atoms with van der Waals surface area (Å²) in [6.07, 6.45) is 5.94. The summed E-state index contributed by atoms with van der Waals surface area (Å²) in [4.78, 5) is 2.31. The largest absolute Gasteiger partial charge is 0.375 e. The summed E-state index contributed by atoms with van der Waals surface area (Å²) in [7, 11) is 2.16. The van der Waals surface area contributed by atoms with Crippen LogP contribution in [-0.2, 0) is 6.42 Å². The van der Waals surface area contributed by atoms with Gasteiger partial charge in [0, 0.05) is 24.8 Å². The third-order valence-electron chi connectivity index (χ3n) is 4.08. The Balaban J connectivity index is 1.87. The molecular formula is C15H24N2. The van der Waals surface area contributed by atoms with Gasteiger partial charge < -0.3 is 10.6 Å². The van der Waals surface area contributed by atoms with E-state index in [0.29, 0.717) is 0 Å². The molecule has 2 rings (SSSR count). The Morgan fingerprint density at radius 2 is 1.88 bits per heavy atom. The molecule has 2 N–H and O–H groups in total. The van der Waals surface area contributed by atoms with Crippen molar-refractivity contribution in [3.8, 4) is 0 Å². The number of benzene rings is 1. The summed E-state index contributed by atoms with van der Waals surface area (Å²) in [5, 5.41) is 0. The number of aryl methyl sites for hydroxylation is 1. The van der Waals surface area contributed by atoms with Gasteiger partial charge in [-0.3, -0.25) is 0 Å². The second-order valence-electron chi connectivity index (χ2n) is 5.41. The quantitative estimate of drug-likeness (QED) is 0.845. The van der Waals surface area contributed by atoms with E-state index in [1.807, 2.05) is 0 Å². The molecule has 1 aromatic rings. The minimum atomic E-state index is 0.137. The van der Waals surface area contributed by atoms with Crippen molar-refractivity contribution in [2.75, 3.05) is 18.5 Å². The maximum atomic E-state index is 6.25. The lowest BCUT2D eigenvalue weighted by atomic mass is 9.75. The number of anilines is 1. The molecule has 94 valence electrons. The van der Waals surface area contributed by atoms with Gasteiger partial charge in [0.25, 0.3) is 0 Å². The van der Waals surface area contributed by atoms with Crippen LogP contribution in [0.4, 0.5) is 5.69 Å². The smallest absolute Gasteiger partial charge is 0.0363 e. The van der Waals surface area contributed by atoms with Crippen molar-refractivity contribution in [1.82, 2.24) is 0 Å². The normalized spacial score (nSPS) is 17.6. The highest BCUT2D eigenvalue weighted by Crippen LogP contribution is 2.32. The molecule has 0 unspecified atom stereocenters. The Hall–Kier alpha value is -1.02. The van der Waals surface area contributed by atoms with Crippen LogP contribution in [0.3, 0.4) is 0 Å². The Morgan fingerprint density at radius 1 is 1.24 bits per heavy atom. The molecule has 2 nitrogen and oxygen atoms in total. The van der Waals surface area contributed by atoms with E-state index in [1.165, 1.54) is 30.5 Å². The van der Waals surface area contributed by atoms with Gasteiger partial charge in [-0.05, 0) is 49.8 Å². The predicted molar refractivity (Wildman–Crippen MR) is 74.5 cm³/mol. The average molecular weight is 232 g/mol. The molecule has 0 aromatic heterocycles. The molecule has 0 bridgehead atoms. The van der Waals surface area contributed by atoms with E-state index in [-0.39, 0.29) is 5.54 Å². The first kappa shape index (κ1) is 12.4. The molecule has 0 heterocycles. The fourth-order valence-electron chi connectivity index (χ4n) is 2.39. The van der Waals surface area contributed by atoms with Crippen molar-refractivity contribution in [3.05, 3.63) is 29.8 Å². The summed E-state index contributed by atoms with van der Waals surface area (Å²) < 4.78 is 0. The van der Waals surface area contributed by atoms with Crippen LogP contribution in [0.25, 0.3) is 0 Å². The lowest BCUT2D eigenvalue weighted by Crippen LogP contribution is -2.48. The maximum absolute atomic E-state index is 6.25. The standard InChI is InChI=1S/C15H24N2/c1-3-13-5-7-14(8-6-13)17(2)12-11-15(16)9-4-10-15/h5-8H,3-4,9-12,16H2,1-2H3.